The highest BCUT2D eigenvalue weighted by molar-refractivity contribution is 7.89. The smallest absolute Gasteiger partial charge is 0.243 e. The molecule has 0 saturated heterocycles. The Hall–Kier alpha value is -2.71. The molecule has 142 valence electrons. The fraction of sp³-hybridized carbons (Fsp3) is 0.263. The number of fused-ring (bicyclic) bond motifs is 1. The van der Waals surface area contributed by atoms with Crippen molar-refractivity contribution in [2.24, 2.45) is 0 Å². The molecular weight excluding hydrogens is 366 g/mol. The number of aryl methyl sites for hydroxylation is 2. The van der Waals surface area contributed by atoms with E-state index in [1.807, 2.05) is 19.1 Å². The molecule has 1 heterocycles. The van der Waals surface area contributed by atoms with Crippen LogP contribution in [0, 0.1) is 6.92 Å². The van der Waals surface area contributed by atoms with Crippen molar-refractivity contribution < 1.29 is 18.0 Å². The number of likely N-dealkylation sites (N-methyl/N-ethyl adjacent to an activating group) is 1. The quantitative estimate of drug-likeness (QED) is 0.822. The summed E-state index contributed by atoms with van der Waals surface area (Å²) >= 11 is 0. The van der Waals surface area contributed by atoms with Gasteiger partial charge in [0.2, 0.25) is 21.8 Å². The zero-order chi connectivity index (χ0) is 19.6. The number of rotatable bonds is 5. The lowest BCUT2D eigenvalue weighted by Crippen LogP contribution is -2.35. The van der Waals surface area contributed by atoms with Gasteiger partial charge < -0.3 is 10.6 Å². The van der Waals surface area contributed by atoms with E-state index in [1.54, 1.807) is 24.3 Å². The number of hydrogen-bond acceptors (Lipinski definition) is 4. The second-order valence-electron chi connectivity index (χ2n) is 6.54. The SMILES string of the molecule is Cc1ccc(NC(=O)CN(C)S(=O)(=O)c2ccc3c(c2)CCC(=O)N3)cc1. The van der Waals surface area contributed by atoms with Crippen molar-refractivity contribution in [2.45, 2.75) is 24.7 Å². The van der Waals surface area contributed by atoms with Gasteiger partial charge in [0, 0.05) is 24.8 Å². The van der Waals surface area contributed by atoms with Crippen molar-refractivity contribution in [2.75, 3.05) is 24.2 Å². The van der Waals surface area contributed by atoms with E-state index in [-0.39, 0.29) is 17.3 Å². The summed E-state index contributed by atoms with van der Waals surface area (Å²) < 4.78 is 26.6. The minimum absolute atomic E-state index is 0.0806. The van der Waals surface area contributed by atoms with E-state index in [0.717, 1.165) is 15.4 Å². The number of carbonyl (C=O) groups is 2. The molecule has 0 spiro atoms. The van der Waals surface area contributed by atoms with Crippen LogP contribution in [0.4, 0.5) is 11.4 Å². The highest BCUT2D eigenvalue weighted by Gasteiger charge is 2.25. The summed E-state index contributed by atoms with van der Waals surface area (Å²) in [6, 6.07) is 11.8. The zero-order valence-electron chi connectivity index (χ0n) is 15.2. The molecule has 2 aromatic rings. The second kappa shape index (κ2) is 7.50. The van der Waals surface area contributed by atoms with E-state index in [0.29, 0.717) is 24.2 Å². The van der Waals surface area contributed by atoms with E-state index < -0.39 is 15.9 Å². The first-order valence-electron chi connectivity index (χ1n) is 8.51. The van der Waals surface area contributed by atoms with Crippen molar-refractivity contribution in [3.8, 4) is 0 Å². The number of benzene rings is 2. The van der Waals surface area contributed by atoms with Crippen molar-refractivity contribution in [1.82, 2.24) is 4.31 Å². The molecule has 27 heavy (non-hydrogen) atoms. The predicted molar refractivity (Wildman–Crippen MR) is 103 cm³/mol. The number of carbonyl (C=O) groups excluding carboxylic acids is 2. The molecule has 2 amide bonds. The summed E-state index contributed by atoms with van der Waals surface area (Å²) in [5, 5.41) is 5.41. The van der Waals surface area contributed by atoms with Gasteiger partial charge in [0.1, 0.15) is 0 Å². The number of anilines is 2. The number of amides is 2. The Labute approximate surface area is 158 Å². The lowest BCUT2D eigenvalue weighted by molar-refractivity contribution is -0.117. The Morgan fingerprint density at radius 2 is 1.85 bits per heavy atom. The zero-order valence-corrected chi connectivity index (χ0v) is 16.0. The molecule has 0 saturated carbocycles. The summed E-state index contributed by atoms with van der Waals surface area (Å²) in [7, 11) is -2.45. The Kier molecular flexibility index (Phi) is 5.29. The van der Waals surface area contributed by atoms with Gasteiger partial charge in [0.05, 0.1) is 11.4 Å². The molecule has 0 atom stereocenters. The summed E-state index contributed by atoms with van der Waals surface area (Å²) in [6.45, 7) is 1.64. The van der Waals surface area contributed by atoms with Crippen molar-refractivity contribution in [3.63, 3.8) is 0 Å². The van der Waals surface area contributed by atoms with Crippen LogP contribution in [-0.4, -0.2) is 38.1 Å². The van der Waals surface area contributed by atoms with Crippen molar-refractivity contribution in [1.29, 1.82) is 0 Å². The molecule has 0 bridgehead atoms. The van der Waals surface area contributed by atoms with Gasteiger partial charge >= 0.3 is 0 Å². The molecule has 0 radical (unpaired) electrons. The first-order chi connectivity index (χ1) is 12.8. The van der Waals surface area contributed by atoms with Gasteiger partial charge in [0.15, 0.2) is 0 Å². The first kappa shape index (κ1) is 19.1. The summed E-state index contributed by atoms with van der Waals surface area (Å²) in [5.41, 5.74) is 3.08. The Morgan fingerprint density at radius 1 is 1.15 bits per heavy atom. The van der Waals surface area contributed by atoms with E-state index in [2.05, 4.69) is 10.6 Å². The maximum Gasteiger partial charge on any atom is 0.243 e. The monoisotopic (exact) mass is 387 g/mol. The van der Waals surface area contributed by atoms with Crippen LogP contribution in [0.5, 0.6) is 0 Å². The van der Waals surface area contributed by atoms with Crippen LogP contribution in [0.1, 0.15) is 17.5 Å². The first-order valence-corrected chi connectivity index (χ1v) is 9.95. The molecule has 8 heteroatoms. The molecule has 2 aromatic carbocycles. The average Bonchev–Trinajstić information content (AvgIpc) is 2.63. The van der Waals surface area contributed by atoms with Crippen molar-refractivity contribution >= 4 is 33.2 Å². The Morgan fingerprint density at radius 3 is 2.56 bits per heavy atom. The molecule has 1 aliphatic rings. The summed E-state index contributed by atoms with van der Waals surface area (Å²) in [5.74, 6) is -0.502. The average molecular weight is 387 g/mol. The van der Waals surface area contributed by atoms with E-state index in [1.165, 1.54) is 13.1 Å². The third kappa shape index (κ3) is 4.35. The molecule has 2 N–H and O–H groups in total. The van der Waals surface area contributed by atoms with Gasteiger partial charge in [-0.3, -0.25) is 9.59 Å². The molecule has 0 aromatic heterocycles. The molecule has 0 aliphatic carbocycles. The minimum atomic E-state index is -3.82. The van der Waals surface area contributed by atoms with Crippen LogP contribution in [0.15, 0.2) is 47.4 Å². The van der Waals surface area contributed by atoms with Crippen LogP contribution < -0.4 is 10.6 Å². The maximum atomic E-state index is 12.8. The summed E-state index contributed by atoms with van der Waals surface area (Å²) in [4.78, 5) is 23.7. The number of hydrogen-bond donors (Lipinski definition) is 2. The molecule has 7 nitrogen and oxygen atoms in total. The standard InChI is InChI=1S/C19H21N3O4S/c1-13-3-6-15(7-4-13)20-19(24)12-22(2)27(25,26)16-8-9-17-14(11-16)5-10-18(23)21-17/h3-4,6-9,11H,5,10,12H2,1-2H3,(H,20,24)(H,21,23). The van der Waals surface area contributed by atoms with Gasteiger partial charge in [-0.05, 0) is 49.2 Å². The maximum absolute atomic E-state index is 12.8. The number of nitrogens with one attached hydrogen (secondary N) is 2. The topological polar surface area (TPSA) is 95.6 Å². The lowest BCUT2D eigenvalue weighted by atomic mass is 10.0. The van der Waals surface area contributed by atoms with Crippen LogP contribution in [0.25, 0.3) is 0 Å². The van der Waals surface area contributed by atoms with Gasteiger partial charge in [-0.15, -0.1) is 0 Å². The number of nitrogens with zero attached hydrogens (tertiary/aromatic N) is 1. The molecule has 0 fully saturated rings. The largest absolute Gasteiger partial charge is 0.326 e. The molecule has 3 rings (SSSR count). The predicted octanol–water partition coefficient (Wildman–Crippen LogP) is 2.14. The van der Waals surface area contributed by atoms with Crippen LogP contribution in [-0.2, 0) is 26.0 Å². The fourth-order valence-corrected chi connectivity index (χ4v) is 4.00. The second-order valence-corrected chi connectivity index (χ2v) is 8.59. The van der Waals surface area contributed by atoms with Crippen LogP contribution in [0.2, 0.25) is 0 Å². The van der Waals surface area contributed by atoms with Gasteiger partial charge in [-0.2, -0.15) is 4.31 Å². The van der Waals surface area contributed by atoms with Crippen LogP contribution >= 0.6 is 0 Å². The minimum Gasteiger partial charge on any atom is -0.326 e. The molecule has 0 unspecified atom stereocenters. The third-order valence-electron chi connectivity index (χ3n) is 4.38. The Balaban J connectivity index is 1.71. The van der Waals surface area contributed by atoms with Gasteiger partial charge in [-0.25, -0.2) is 8.42 Å². The van der Waals surface area contributed by atoms with E-state index in [4.69, 9.17) is 0 Å². The number of sulfonamides is 1. The third-order valence-corrected chi connectivity index (χ3v) is 6.18. The van der Waals surface area contributed by atoms with Crippen LogP contribution in [0.3, 0.4) is 0 Å². The van der Waals surface area contributed by atoms with Gasteiger partial charge in [-0.1, -0.05) is 17.7 Å². The highest BCUT2D eigenvalue weighted by Crippen LogP contribution is 2.26. The molecular formula is C19H21N3O4S. The van der Waals surface area contributed by atoms with E-state index in [9.17, 15) is 18.0 Å². The fourth-order valence-electron chi connectivity index (χ4n) is 2.82. The summed E-state index contributed by atoms with van der Waals surface area (Å²) in [6.07, 6.45) is 0.813. The van der Waals surface area contributed by atoms with E-state index >= 15 is 0 Å². The van der Waals surface area contributed by atoms with Gasteiger partial charge in [0.25, 0.3) is 0 Å². The highest BCUT2D eigenvalue weighted by atomic mass is 32.2. The van der Waals surface area contributed by atoms with Crippen molar-refractivity contribution in [3.05, 3.63) is 53.6 Å². The Bertz CT molecular complexity index is 985. The lowest BCUT2D eigenvalue weighted by Gasteiger charge is -2.20. The normalized spacial score (nSPS) is 13.8. The molecule has 1 aliphatic heterocycles.